The Labute approximate surface area is 175 Å². The number of aryl methyl sites for hydroxylation is 1. The van der Waals surface area contributed by atoms with Gasteiger partial charge < -0.3 is 14.4 Å². The summed E-state index contributed by atoms with van der Waals surface area (Å²) in [4.78, 5) is 31.0. The van der Waals surface area contributed by atoms with Crippen molar-refractivity contribution < 1.29 is 14.3 Å². The maximum atomic E-state index is 13.3. The van der Waals surface area contributed by atoms with E-state index in [2.05, 4.69) is 4.90 Å². The fraction of sp³-hybridized carbons (Fsp3) is 0.478. The van der Waals surface area contributed by atoms with Crippen molar-refractivity contribution in [2.45, 2.75) is 38.6 Å². The van der Waals surface area contributed by atoms with E-state index < -0.39 is 0 Å². The summed E-state index contributed by atoms with van der Waals surface area (Å²) >= 11 is 0. The van der Waals surface area contributed by atoms with E-state index >= 15 is 0 Å². The second-order valence-corrected chi connectivity index (χ2v) is 8.38. The van der Waals surface area contributed by atoms with Crippen LogP contribution in [0.4, 0.5) is 0 Å². The topological polar surface area (TPSA) is 64.0 Å². The fourth-order valence-electron chi connectivity index (χ4n) is 4.79. The number of piperidine rings is 1. The van der Waals surface area contributed by atoms with Crippen molar-refractivity contribution in [2.24, 2.45) is 0 Å². The number of fused-ring (bicyclic) bond motifs is 1. The van der Waals surface area contributed by atoms with Crippen molar-refractivity contribution in [3.63, 3.8) is 0 Å². The Balaban J connectivity index is 1.41. The molecule has 0 aliphatic carbocycles. The van der Waals surface area contributed by atoms with Gasteiger partial charge in [0, 0.05) is 31.4 Å². The maximum absolute atomic E-state index is 13.3. The van der Waals surface area contributed by atoms with Crippen LogP contribution in [-0.4, -0.2) is 59.3 Å². The third-order valence-corrected chi connectivity index (χ3v) is 6.51. The second-order valence-electron chi connectivity index (χ2n) is 8.38. The molecule has 1 unspecified atom stereocenters. The summed E-state index contributed by atoms with van der Waals surface area (Å²) in [6, 6.07) is 7.61. The first-order chi connectivity index (χ1) is 14.6. The predicted octanol–water partition coefficient (Wildman–Crippen LogP) is 2.58. The lowest BCUT2D eigenvalue weighted by Crippen LogP contribution is -2.42. The Morgan fingerprint density at radius 3 is 2.67 bits per heavy atom. The molecule has 2 saturated heterocycles. The number of hydrogen-bond acceptors (Lipinski definition) is 5. The van der Waals surface area contributed by atoms with E-state index in [-0.39, 0.29) is 23.8 Å². The molecule has 1 atom stereocenters. The van der Waals surface area contributed by atoms with Crippen molar-refractivity contribution >= 4 is 5.91 Å². The number of likely N-dealkylation sites (tertiary alicyclic amines) is 2. The third kappa shape index (κ3) is 3.37. The van der Waals surface area contributed by atoms with E-state index in [1.54, 1.807) is 24.4 Å². The molecule has 0 radical (unpaired) electrons. The van der Waals surface area contributed by atoms with Crippen molar-refractivity contribution in [3.8, 4) is 17.2 Å². The van der Waals surface area contributed by atoms with E-state index in [0.717, 1.165) is 19.5 Å². The molecule has 1 aromatic heterocycles. The summed E-state index contributed by atoms with van der Waals surface area (Å²) in [5.74, 6) is 1.11. The minimum Gasteiger partial charge on any atom is -0.454 e. The zero-order valence-electron chi connectivity index (χ0n) is 17.3. The van der Waals surface area contributed by atoms with Crippen LogP contribution < -0.4 is 15.0 Å². The molecule has 7 nitrogen and oxygen atoms in total. The Hall–Kier alpha value is -2.80. The monoisotopic (exact) mass is 409 g/mol. The number of ether oxygens (including phenoxy) is 2. The third-order valence-electron chi connectivity index (χ3n) is 6.51. The van der Waals surface area contributed by atoms with Gasteiger partial charge in [-0.25, -0.2) is 0 Å². The first kappa shape index (κ1) is 19.2. The van der Waals surface area contributed by atoms with Crippen LogP contribution in [0.3, 0.4) is 0 Å². The molecule has 3 aliphatic rings. The molecule has 0 spiro atoms. The maximum Gasteiger partial charge on any atom is 0.268 e. The van der Waals surface area contributed by atoms with Crippen LogP contribution in [-0.2, 0) is 0 Å². The minimum absolute atomic E-state index is 0.160. The Morgan fingerprint density at radius 1 is 1.03 bits per heavy atom. The molecule has 0 N–H and O–H groups in total. The van der Waals surface area contributed by atoms with E-state index in [1.807, 2.05) is 17.9 Å². The molecule has 0 saturated carbocycles. The highest BCUT2D eigenvalue weighted by Crippen LogP contribution is 2.33. The number of nitrogens with zero attached hydrogens (tertiary/aromatic N) is 3. The van der Waals surface area contributed by atoms with E-state index in [9.17, 15) is 9.59 Å². The molecular weight excluding hydrogens is 382 g/mol. The zero-order chi connectivity index (χ0) is 20.7. The lowest BCUT2D eigenvalue weighted by atomic mass is 10.1. The van der Waals surface area contributed by atoms with Crippen molar-refractivity contribution in [2.75, 3.05) is 33.0 Å². The second kappa shape index (κ2) is 7.80. The van der Waals surface area contributed by atoms with Crippen LogP contribution >= 0.6 is 0 Å². The summed E-state index contributed by atoms with van der Waals surface area (Å²) in [5, 5.41) is 0. The van der Waals surface area contributed by atoms with Crippen LogP contribution in [0.5, 0.6) is 11.5 Å². The number of benzene rings is 1. The SMILES string of the molecule is Cc1ccn(-c2ccc3c(c2)OCO3)c(=O)c1C(=O)N1CCC(N2CCCCC2)C1. The molecule has 1 amide bonds. The largest absolute Gasteiger partial charge is 0.454 e. The van der Waals surface area contributed by atoms with Gasteiger partial charge in [-0.2, -0.15) is 0 Å². The van der Waals surface area contributed by atoms with E-state index in [0.29, 0.717) is 41.9 Å². The number of pyridine rings is 1. The molecule has 4 heterocycles. The average molecular weight is 409 g/mol. The number of carbonyl (C=O) groups is 1. The highest BCUT2D eigenvalue weighted by Gasteiger charge is 2.33. The quantitative estimate of drug-likeness (QED) is 0.780. The van der Waals surface area contributed by atoms with Crippen LogP contribution in [0.15, 0.2) is 35.3 Å². The van der Waals surface area contributed by atoms with Gasteiger partial charge in [0.25, 0.3) is 11.5 Å². The molecule has 3 aliphatic heterocycles. The summed E-state index contributed by atoms with van der Waals surface area (Å²) in [6.45, 7) is 5.66. The molecule has 2 aromatic rings. The predicted molar refractivity (Wildman–Crippen MR) is 113 cm³/mol. The molecule has 30 heavy (non-hydrogen) atoms. The van der Waals surface area contributed by atoms with Gasteiger partial charge in [0.1, 0.15) is 5.56 Å². The first-order valence-corrected chi connectivity index (χ1v) is 10.8. The number of carbonyl (C=O) groups excluding carboxylic acids is 1. The summed E-state index contributed by atoms with van der Waals surface area (Å²) in [6.07, 6.45) is 6.47. The summed E-state index contributed by atoms with van der Waals surface area (Å²) in [5.41, 5.74) is 1.34. The molecule has 0 bridgehead atoms. The number of aromatic nitrogens is 1. The Bertz CT molecular complexity index is 1030. The zero-order valence-corrected chi connectivity index (χ0v) is 17.3. The number of rotatable bonds is 3. The fourth-order valence-corrected chi connectivity index (χ4v) is 4.79. The number of amides is 1. The summed E-state index contributed by atoms with van der Waals surface area (Å²) in [7, 11) is 0. The molecule has 2 fully saturated rings. The van der Waals surface area contributed by atoms with Gasteiger partial charge in [-0.05, 0) is 63.0 Å². The molecule has 158 valence electrons. The summed E-state index contributed by atoms with van der Waals surface area (Å²) < 4.78 is 12.3. The molecule has 5 rings (SSSR count). The number of hydrogen-bond donors (Lipinski definition) is 0. The average Bonchev–Trinajstić information content (AvgIpc) is 3.44. The van der Waals surface area contributed by atoms with Crippen LogP contribution in [0.25, 0.3) is 5.69 Å². The highest BCUT2D eigenvalue weighted by atomic mass is 16.7. The first-order valence-electron chi connectivity index (χ1n) is 10.8. The normalized spacial score (nSPS) is 21.2. The van der Waals surface area contributed by atoms with Gasteiger partial charge in [-0.3, -0.25) is 19.1 Å². The standard InChI is InChI=1S/C23H27N3O4/c1-16-7-12-26(17-5-6-19-20(13-17)30-15-29-19)23(28)21(16)22(27)25-11-8-18(14-25)24-9-3-2-4-10-24/h5-7,12-13,18H,2-4,8-11,14-15H2,1H3. The van der Waals surface area contributed by atoms with Crippen molar-refractivity contribution in [1.82, 2.24) is 14.4 Å². The van der Waals surface area contributed by atoms with Crippen LogP contribution in [0, 0.1) is 6.92 Å². The van der Waals surface area contributed by atoms with Crippen molar-refractivity contribution in [3.05, 3.63) is 51.9 Å². The van der Waals surface area contributed by atoms with Gasteiger partial charge in [-0.1, -0.05) is 6.42 Å². The molecule has 7 heteroatoms. The van der Waals surface area contributed by atoms with Gasteiger partial charge in [0.2, 0.25) is 6.79 Å². The Morgan fingerprint density at radius 2 is 1.83 bits per heavy atom. The molecular formula is C23H27N3O4. The van der Waals surface area contributed by atoms with E-state index in [4.69, 9.17) is 9.47 Å². The van der Waals surface area contributed by atoms with Gasteiger partial charge >= 0.3 is 0 Å². The molecule has 1 aromatic carbocycles. The van der Waals surface area contributed by atoms with Gasteiger partial charge in [0.05, 0.1) is 5.69 Å². The smallest absolute Gasteiger partial charge is 0.268 e. The van der Waals surface area contributed by atoms with Crippen molar-refractivity contribution in [1.29, 1.82) is 0 Å². The Kier molecular flexibility index (Phi) is 4.98. The van der Waals surface area contributed by atoms with Gasteiger partial charge in [-0.15, -0.1) is 0 Å². The van der Waals surface area contributed by atoms with Gasteiger partial charge in [0.15, 0.2) is 11.5 Å². The van der Waals surface area contributed by atoms with Crippen LogP contribution in [0.1, 0.15) is 41.6 Å². The lowest BCUT2D eigenvalue weighted by Gasteiger charge is -2.32. The van der Waals surface area contributed by atoms with E-state index in [1.165, 1.54) is 23.8 Å². The highest BCUT2D eigenvalue weighted by molar-refractivity contribution is 5.95. The minimum atomic E-state index is -0.291. The lowest BCUT2D eigenvalue weighted by molar-refractivity contribution is 0.0768. The van der Waals surface area contributed by atoms with Crippen LogP contribution in [0.2, 0.25) is 0 Å².